The molecule has 6 nitrogen and oxygen atoms in total. The van der Waals surface area contributed by atoms with Crippen molar-refractivity contribution in [2.75, 3.05) is 18.5 Å². The van der Waals surface area contributed by atoms with E-state index in [0.29, 0.717) is 5.69 Å². The van der Waals surface area contributed by atoms with E-state index in [1.807, 2.05) is 0 Å². The van der Waals surface area contributed by atoms with Crippen LogP contribution in [-0.4, -0.2) is 34.6 Å². The number of nitrogens with one attached hydrogen (secondary N) is 2. The summed E-state index contributed by atoms with van der Waals surface area (Å²) in [6.45, 7) is -0.192. The highest BCUT2D eigenvalue weighted by atomic mass is 16.6. The number of aliphatic hydroxyl groups excluding tert-OH is 1. The lowest BCUT2D eigenvalue weighted by Gasteiger charge is -2.01. The van der Waals surface area contributed by atoms with Crippen molar-refractivity contribution in [2.24, 2.45) is 0 Å². The second-order valence-electron chi connectivity index (χ2n) is 1.97. The Labute approximate surface area is 68.5 Å². The quantitative estimate of drug-likeness (QED) is 0.595. The van der Waals surface area contributed by atoms with Crippen molar-refractivity contribution in [3.8, 4) is 0 Å². The van der Waals surface area contributed by atoms with Gasteiger partial charge in [0.25, 0.3) is 0 Å². The molecule has 1 heterocycles. The fourth-order valence-electron chi connectivity index (χ4n) is 0.612. The van der Waals surface area contributed by atoms with Gasteiger partial charge >= 0.3 is 6.09 Å². The first-order chi connectivity index (χ1) is 5.83. The highest BCUT2D eigenvalue weighted by molar-refractivity contribution is 5.83. The second-order valence-corrected chi connectivity index (χ2v) is 1.97. The maximum absolute atomic E-state index is 10.8. The van der Waals surface area contributed by atoms with Crippen LogP contribution in [0.5, 0.6) is 0 Å². The number of amides is 1. The van der Waals surface area contributed by atoms with Gasteiger partial charge in [-0.15, -0.1) is 0 Å². The molecule has 1 aromatic rings. The number of hydrogen-bond acceptors (Lipinski definition) is 4. The molecule has 0 spiro atoms. The van der Waals surface area contributed by atoms with E-state index in [4.69, 9.17) is 5.11 Å². The molecule has 0 aliphatic rings. The number of anilines is 1. The fraction of sp³-hybridized carbons (Fsp3) is 0.333. The van der Waals surface area contributed by atoms with Crippen molar-refractivity contribution >= 4 is 11.8 Å². The number of ether oxygens (including phenoxy) is 1. The minimum atomic E-state index is -0.606. The summed E-state index contributed by atoms with van der Waals surface area (Å²) in [4.78, 5) is 10.8. The minimum Gasteiger partial charge on any atom is -0.447 e. The van der Waals surface area contributed by atoms with Crippen molar-refractivity contribution in [3.63, 3.8) is 0 Å². The number of aromatic nitrogens is 2. The molecule has 1 aromatic heterocycles. The van der Waals surface area contributed by atoms with E-state index in [0.717, 1.165) is 0 Å². The van der Waals surface area contributed by atoms with Gasteiger partial charge in [-0.05, 0) is 0 Å². The third-order valence-electron chi connectivity index (χ3n) is 1.07. The van der Waals surface area contributed by atoms with Crippen LogP contribution in [0.3, 0.4) is 0 Å². The Kier molecular flexibility index (Phi) is 3.09. The zero-order chi connectivity index (χ0) is 8.81. The Bertz CT molecular complexity index is 234. The summed E-state index contributed by atoms with van der Waals surface area (Å²) in [6.07, 6.45) is 2.35. The molecule has 0 radical (unpaired) electrons. The predicted octanol–water partition coefficient (Wildman–Crippen LogP) is -0.0495. The van der Waals surface area contributed by atoms with Crippen molar-refractivity contribution in [1.82, 2.24) is 10.2 Å². The monoisotopic (exact) mass is 171 g/mol. The van der Waals surface area contributed by atoms with Crippen molar-refractivity contribution in [2.45, 2.75) is 0 Å². The number of nitrogens with zero attached hydrogens (tertiary/aromatic N) is 1. The molecule has 3 N–H and O–H groups in total. The molecule has 6 heteroatoms. The van der Waals surface area contributed by atoms with E-state index < -0.39 is 6.09 Å². The maximum atomic E-state index is 10.8. The van der Waals surface area contributed by atoms with Crippen LogP contribution in [0.2, 0.25) is 0 Å². The van der Waals surface area contributed by atoms with Gasteiger partial charge in [0.2, 0.25) is 0 Å². The van der Waals surface area contributed by atoms with Crippen LogP contribution in [0.1, 0.15) is 0 Å². The Balaban J connectivity index is 2.27. The molecule has 1 amide bonds. The lowest BCUT2D eigenvalue weighted by molar-refractivity contribution is 0.131. The molecular weight excluding hydrogens is 162 g/mol. The van der Waals surface area contributed by atoms with E-state index in [9.17, 15) is 4.79 Å². The molecule has 0 atom stereocenters. The van der Waals surface area contributed by atoms with Gasteiger partial charge in [0.15, 0.2) is 0 Å². The number of carbonyl (C=O) groups excluding carboxylic acids is 1. The van der Waals surface area contributed by atoms with Gasteiger partial charge in [-0.1, -0.05) is 0 Å². The molecule has 0 aromatic carbocycles. The number of carbonyl (C=O) groups is 1. The molecular formula is C6H9N3O3. The van der Waals surface area contributed by atoms with Gasteiger partial charge in [0.05, 0.1) is 18.5 Å². The Morgan fingerprint density at radius 2 is 2.67 bits per heavy atom. The standard InChI is InChI=1S/C6H9N3O3/c10-1-2-12-6(11)9-5-3-7-8-4-5/h3-4,10H,1-2H2,(H,7,8)(H,9,11). The first-order valence-corrected chi connectivity index (χ1v) is 3.36. The number of aromatic amines is 1. The molecule has 1 rings (SSSR count). The van der Waals surface area contributed by atoms with E-state index in [1.54, 1.807) is 0 Å². The summed E-state index contributed by atoms with van der Waals surface area (Å²) >= 11 is 0. The SMILES string of the molecule is O=C(Nc1cn[nH]c1)OCCO. The lowest BCUT2D eigenvalue weighted by Crippen LogP contribution is -2.15. The zero-order valence-corrected chi connectivity index (χ0v) is 6.28. The summed E-state index contributed by atoms with van der Waals surface area (Å²) in [5, 5.41) is 16.8. The largest absolute Gasteiger partial charge is 0.447 e. The van der Waals surface area contributed by atoms with Gasteiger partial charge in [0.1, 0.15) is 6.61 Å². The van der Waals surface area contributed by atoms with Crippen molar-refractivity contribution < 1.29 is 14.6 Å². The van der Waals surface area contributed by atoms with Crippen LogP contribution < -0.4 is 5.32 Å². The number of rotatable bonds is 3. The number of hydrogen-bond donors (Lipinski definition) is 3. The van der Waals surface area contributed by atoms with Crippen LogP contribution in [0, 0.1) is 0 Å². The molecule has 0 saturated carbocycles. The van der Waals surface area contributed by atoms with Crippen LogP contribution in [0.15, 0.2) is 12.4 Å². The average Bonchev–Trinajstić information content (AvgIpc) is 2.53. The van der Waals surface area contributed by atoms with Crippen LogP contribution in [0.25, 0.3) is 0 Å². The normalized spacial score (nSPS) is 9.42. The van der Waals surface area contributed by atoms with Crippen molar-refractivity contribution in [3.05, 3.63) is 12.4 Å². The smallest absolute Gasteiger partial charge is 0.411 e. The number of aliphatic hydroxyl groups is 1. The molecule has 0 fully saturated rings. The number of H-pyrrole nitrogens is 1. The fourth-order valence-corrected chi connectivity index (χ4v) is 0.612. The van der Waals surface area contributed by atoms with E-state index in [2.05, 4.69) is 20.3 Å². The van der Waals surface area contributed by atoms with Gasteiger partial charge in [-0.25, -0.2) is 4.79 Å². The Morgan fingerprint density at radius 1 is 1.83 bits per heavy atom. The van der Waals surface area contributed by atoms with E-state index in [1.165, 1.54) is 12.4 Å². The predicted molar refractivity (Wildman–Crippen MR) is 40.6 cm³/mol. The Hall–Kier alpha value is -1.56. The topological polar surface area (TPSA) is 87.2 Å². The van der Waals surface area contributed by atoms with Crippen LogP contribution >= 0.6 is 0 Å². The third kappa shape index (κ3) is 2.59. The summed E-state index contributed by atoms with van der Waals surface area (Å²) in [6, 6.07) is 0. The molecule has 12 heavy (non-hydrogen) atoms. The van der Waals surface area contributed by atoms with Gasteiger partial charge < -0.3 is 9.84 Å². The molecule has 0 aliphatic carbocycles. The molecule has 0 unspecified atom stereocenters. The highest BCUT2D eigenvalue weighted by Gasteiger charge is 2.01. The third-order valence-corrected chi connectivity index (χ3v) is 1.07. The summed E-state index contributed by atoms with van der Waals surface area (Å²) in [5.74, 6) is 0. The molecule has 66 valence electrons. The zero-order valence-electron chi connectivity index (χ0n) is 6.28. The van der Waals surface area contributed by atoms with Gasteiger partial charge in [0, 0.05) is 6.20 Å². The first kappa shape index (κ1) is 8.54. The second kappa shape index (κ2) is 4.35. The minimum absolute atomic E-state index is 0.0102. The lowest BCUT2D eigenvalue weighted by atomic mass is 10.6. The summed E-state index contributed by atoms with van der Waals surface area (Å²) in [7, 11) is 0. The van der Waals surface area contributed by atoms with Crippen molar-refractivity contribution in [1.29, 1.82) is 0 Å². The first-order valence-electron chi connectivity index (χ1n) is 3.36. The van der Waals surface area contributed by atoms with Gasteiger partial charge in [-0.2, -0.15) is 5.10 Å². The van der Waals surface area contributed by atoms with E-state index >= 15 is 0 Å². The maximum Gasteiger partial charge on any atom is 0.411 e. The molecule has 0 saturated heterocycles. The molecule has 0 aliphatic heterocycles. The average molecular weight is 171 g/mol. The summed E-state index contributed by atoms with van der Waals surface area (Å²) < 4.78 is 4.52. The van der Waals surface area contributed by atoms with Gasteiger partial charge in [-0.3, -0.25) is 10.4 Å². The van der Waals surface area contributed by atoms with E-state index in [-0.39, 0.29) is 13.2 Å². The summed E-state index contributed by atoms with van der Waals surface area (Å²) in [5.41, 5.74) is 0.526. The van der Waals surface area contributed by atoms with Crippen LogP contribution in [0.4, 0.5) is 10.5 Å². The Morgan fingerprint density at radius 3 is 3.25 bits per heavy atom. The van der Waals surface area contributed by atoms with Crippen LogP contribution in [-0.2, 0) is 4.74 Å². The molecule has 0 bridgehead atoms. The highest BCUT2D eigenvalue weighted by Crippen LogP contribution is 2.00.